The first-order valence-electron chi connectivity index (χ1n) is 8.17. The molecule has 0 spiro atoms. The molecular formula is C17H16F4N4O3. The number of nitrogens with zero attached hydrogens (tertiary/aromatic N) is 3. The maximum Gasteiger partial charge on any atom is 0.433 e. The molecule has 0 aliphatic carbocycles. The third-order valence-electron chi connectivity index (χ3n) is 4.26. The highest BCUT2D eigenvalue weighted by Crippen LogP contribution is 2.35. The molecule has 0 bridgehead atoms. The molecule has 2 aromatic heterocycles. The number of likely N-dealkylation sites (tertiary alicyclic amines) is 1. The van der Waals surface area contributed by atoms with Crippen molar-refractivity contribution in [2.45, 2.75) is 31.0 Å². The minimum absolute atomic E-state index is 0.00709. The van der Waals surface area contributed by atoms with Crippen molar-refractivity contribution in [2.75, 3.05) is 6.54 Å². The molecule has 2 aromatic rings. The van der Waals surface area contributed by atoms with E-state index in [0.29, 0.717) is 6.41 Å². The molecule has 3 rings (SSSR count). The minimum atomic E-state index is -4.68. The number of amides is 1. The largest absolute Gasteiger partial charge is 0.437 e. The van der Waals surface area contributed by atoms with Crippen molar-refractivity contribution in [2.24, 2.45) is 5.73 Å². The summed E-state index contributed by atoms with van der Waals surface area (Å²) in [6.45, 7) is -0.434. The zero-order chi connectivity index (χ0) is 20.5. The van der Waals surface area contributed by atoms with Gasteiger partial charge in [-0.3, -0.25) is 9.78 Å². The molecule has 150 valence electrons. The molecule has 3 unspecified atom stereocenters. The fraction of sp³-hybridized carbons (Fsp3) is 0.353. The number of carbonyl (C=O) groups is 1. The summed E-state index contributed by atoms with van der Waals surface area (Å²) in [4.78, 5) is 19.5. The van der Waals surface area contributed by atoms with Crippen LogP contribution in [0, 0.1) is 0 Å². The van der Waals surface area contributed by atoms with Crippen LogP contribution in [0.15, 0.2) is 30.6 Å². The van der Waals surface area contributed by atoms with Crippen LogP contribution in [0.5, 0.6) is 11.6 Å². The first-order chi connectivity index (χ1) is 13.2. The smallest absolute Gasteiger partial charge is 0.433 e. The molecule has 1 aliphatic heterocycles. The highest BCUT2D eigenvalue weighted by atomic mass is 19.4. The Kier molecular flexibility index (Phi) is 5.47. The summed E-state index contributed by atoms with van der Waals surface area (Å²) in [5, 5.41) is 9.99. The monoisotopic (exact) mass is 400 g/mol. The Morgan fingerprint density at radius 1 is 1.32 bits per heavy atom. The normalized spacial score (nSPS) is 22.4. The summed E-state index contributed by atoms with van der Waals surface area (Å²) >= 11 is 0. The van der Waals surface area contributed by atoms with Crippen LogP contribution in [-0.4, -0.2) is 45.2 Å². The number of hydrogen-bond donors (Lipinski definition) is 2. The Bertz CT molecular complexity index is 865. The SMILES string of the molecule is NCc1cc(Oc2cncc(C3C(O)C(F)CN3C=O)c2)nc(C(F)(F)F)c1. The third-order valence-corrected chi connectivity index (χ3v) is 4.26. The number of alkyl halides is 4. The predicted molar refractivity (Wildman–Crippen MR) is 87.9 cm³/mol. The molecule has 0 radical (unpaired) electrons. The van der Waals surface area contributed by atoms with Crippen LogP contribution >= 0.6 is 0 Å². The number of halogens is 4. The standard InChI is InChI=1S/C17H16F4N4O3/c18-12-7-25(8-26)15(16(12)27)10-3-11(6-23-5-10)28-14-2-9(4-22)1-13(24-14)17(19,20)21/h1-3,5-6,8,12,15-16,27H,4,7,22H2. The number of ether oxygens (including phenoxy) is 1. The van der Waals surface area contributed by atoms with Gasteiger partial charge in [0, 0.05) is 18.8 Å². The topological polar surface area (TPSA) is 102 Å². The second-order valence-electron chi connectivity index (χ2n) is 6.21. The molecule has 3 heterocycles. The molecule has 7 nitrogen and oxygen atoms in total. The average Bonchev–Trinajstić information content (AvgIpc) is 2.95. The lowest BCUT2D eigenvalue weighted by Crippen LogP contribution is -2.26. The Labute approximate surface area is 156 Å². The molecule has 0 aromatic carbocycles. The van der Waals surface area contributed by atoms with E-state index in [-0.39, 0.29) is 35.8 Å². The van der Waals surface area contributed by atoms with Crippen LogP contribution in [-0.2, 0) is 17.5 Å². The molecule has 28 heavy (non-hydrogen) atoms. The van der Waals surface area contributed by atoms with Gasteiger partial charge in [-0.05, 0) is 23.3 Å². The summed E-state index contributed by atoms with van der Waals surface area (Å²) in [5.74, 6) is -0.343. The van der Waals surface area contributed by atoms with Gasteiger partial charge in [-0.15, -0.1) is 0 Å². The second kappa shape index (κ2) is 7.68. The zero-order valence-corrected chi connectivity index (χ0v) is 14.3. The number of rotatable bonds is 5. The zero-order valence-electron chi connectivity index (χ0n) is 14.3. The summed E-state index contributed by atoms with van der Waals surface area (Å²) < 4.78 is 58.1. The second-order valence-corrected chi connectivity index (χ2v) is 6.21. The molecular weight excluding hydrogens is 384 g/mol. The quantitative estimate of drug-likeness (QED) is 0.588. The van der Waals surface area contributed by atoms with Crippen LogP contribution in [0.4, 0.5) is 17.6 Å². The lowest BCUT2D eigenvalue weighted by atomic mass is 10.0. The van der Waals surface area contributed by atoms with Gasteiger partial charge >= 0.3 is 6.18 Å². The highest BCUT2D eigenvalue weighted by molar-refractivity contribution is 5.51. The van der Waals surface area contributed by atoms with Gasteiger partial charge in [0.25, 0.3) is 0 Å². The average molecular weight is 400 g/mol. The van der Waals surface area contributed by atoms with Gasteiger partial charge in [0.05, 0.1) is 18.8 Å². The molecule has 1 amide bonds. The van der Waals surface area contributed by atoms with Crippen molar-refractivity contribution in [3.05, 3.63) is 47.4 Å². The van der Waals surface area contributed by atoms with Crippen LogP contribution in [0.1, 0.15) is 22.9 Å². The van der Waals surface area contributed by atoms with E-state index in [2.05, 4.69) is 9.97 Å². The molecule has 3 N–H and O–H groups in total. The molecule has 11 heteroatoms. The number of aromatic nitrogens is 2. The van der Waals surface area contributed by atoms with E-state index in [1.54, 1.807) is 0 Å². The lowest BCUT2D eigenvalue weighted by molar-refractivity contribution is -0.141. The van der Waals surface area contributed by atoms with Crippen molar-refractivity contribution in [1.29, 1.82) is 0 Å². The van der Waals surface area contributed by atoms with Crippen LogP contribution in [0.25, 0.3) is 0 Å². The third kappa shape index (κ3) is 4.04. The van der Waals surface area contributed by atoms with Crippen LogP contribution < -0.4 is 10.5 Å². The van der Waals surface area contributed by atoms with E-state index in [0.717, 1.165) is 11.0 Å². The van der Waals surface area contributed by atoms with E-state index in [1.807, 2.05) is 0 Å². The number of aliphatic hydroxyl groups is 1. The van der Waals surface area contributed by atoms with Crippen LogP contribution in [0.3, 0.4) is 0 Å². The van der Waals surface area contributed by atoms with Gasteiger partial charge in [0.15, 0.2) is 0 Å². The van der Waals surface area contributed by atoms with E-state index in [1.165, 1.54) is 24.5 Å². The number of carbonyl (C=O) groups excluding carboxylic acids is 1. The predicted octanol–water partition coefficient (Wildman–Crippen LogP) is 1.96. The maximum atomic E-state index is 13.7. The summed E-state index contributed by atoms with van der Waals surface area (Å²) in [6, 6.07) is 2.43. The van der Waals surface area contributed by atoms with Crippen molar-refractivity contribution in [1.82, 2.24) is 14.9 Å². The first-order valence-corrected chi connectivity index (χ1v) is 8.17. The van der Waals surface area contributed by atoms with Gasteiger partial charge in [0.2, 0.25) is 12.3 Å². The number of hydrogen-bond acceptors (Lipinski definition) is 6. The van der Waals surface area contributed by atoms with Gasteiger partial charge < -0.3 is 20.5 Å². The fourth-order valence-electron chi connectivity index (χ4n) is 2.96. The van der Waals surface area contributed by atoms with Gasteiger partial charge in [0.1, 0.15) is 23.7 Å². The van der Waals surface area contributed by atoms with Crippen LogP contribution in [0.2, 0.25) is 0 Å². The van der Waals surface area contributed by atoms with E-state index in [9.17, 15) is 27.5 Å². The Balaban J connectivity index is 1.91. The molecule has 3 atom stereocenters. The van der Waals surface area contributed by atoms with E-state index < -0.39 is 30.2 Å². The Morgan fingerprint density at radius 3 is 2.71 bits per heavy atom. The number of pyridine rings is 2. The van der Waals surface area contributed by atoms with Gasteiger partial charge in [-0.2, -0.15) is 13.2 Å². The van der Waals surface area contributed by atoms with Crippen molar-refractivity contribution in [3.8, 4) is 11.6 Å². The fourth-order valence-corrected chi connectivity index (χ4v) is 2.96. The molecule has 1 fully saturated rings. The highest BCUT2D eigenvalue weighted by Gasteiger charge is 2.41. The molecule has 1 aliphatic rings. The number of nitrogens with two attached hydrogens (primary N) is 1. The van der Waals surface area contributed by atoms with Crippen molar-refractivity contribution in [3.63, 3.8) is 0 Å². The summed E-state index contributed by atoms with van der Waals surface area (Å²) in [5.41, 5.74) is 4.70. The van der Waals surface area contributed by atoms with E-state index in [4.69, 9.17) is 10.5 Å². The maximum absolute atomic E-state index is 13.7. The minimum Gasteiger partial charge on any atom is -0.437 e. The lowest BCUT2D eigenvalue weighted by Gasteiger charge is -2.22. The molecule has 1 saturated heterocycles. The van der Waals surface area contributed by atoms with E-state index >= 15 is 0 Å². The Morgan fingerprint density at radius 2 is 2.07 bits per heavy atom. The van der Waals surface area contributed by atoms with Crippen molar-refractivity contribution < 1.29 is 32.2 Å². The van der Waals surface area contributed by atoms with Crippen molar-refractivity contribution >= 4 is 6.41 Å². The number of aliphatic hydroxyl groups excluding tert-OH is 1. The summed E-state index contributed by atoms with van der Waals surface area (Å²) in [7, 11) is 0. The first kappa shape index (κ1) is 20.0. The van der Waals surface area contributed by atoms with Gasteiger partial charge in [-0.1, -0.05) is 0 Å². The van der Waals surface area contributed by atoms with Gasteiger partial charge in [-0.25, -0.2) is 9.37 Å². The molecule has 0 saturated carbocycles. The summed E-state index contributed by atoms with van der Waals surface area (Å²) in [6.07, 6.45) is -4.84. The Hall–Kier alpha value is -2.79.